The van der Waals surface area contributed by atoms with Crippen LogP contribution in [0, 0.1) is 0 Å². The SMILES string of the molecule is CCOc1cc(CNc2ccc(Cl)cc2Cl)ccc1Oc1nnnn1-c1ccccc1. The van der Waals surface area contributed by atoms with E-state index in [9.17, 15) is 0 Å². The van der Waals surface area contributed by atoms with Gasteiger partial charge in [0.05, 0.1) is 23.0 Å². The Kier molecular flexibility index (Phi) is 6.54. The van der Waals surface area contributed by atoms with E-state index in [0.717, 1.165) is 16.9 Å². The molecule has 158 valence electrons. The number of tetrazole rings is 1. The molecule has 0 radical (unpaired) electrons. The van der Waals surface area contributed by atoms with Gasteiger partial charge in [-0.3, -0.25) is 0 Å². The zero-order chi connectivity index (χ0) is 21.6. The smallest absolute Gasteiger partial charge is 0.346 e. The molecule has 31 heavy (non-hydrogen) atoms. The van der Waals surface area contributed by atoms with Crippen molar-refractivity contribution in [3.05, 3.63) is 82.3 Å². The number of nitrogens with zero attached hydrogens (tertiary/aromatic N) is 4. The van der Waals surface area contributed by atoms with E-state index < -0.39 is 0 Å². The summed E-state index contributed by atoms with van der Waals surface area (Å²) in [6, 6.07) is 20.8. The molecular weight excluding hydrogens is 437 g/mol. The predicted molar refractivity (Wildman–Crippen MR) is 121 cm³/mol. The van der Waals surface area contributed by atoms with Crippen LogP contribution in [-0.4, -0.2) is 26.8 Å². The quantitative estimate of drug-likeness (QED) is 0.363. The Morgan fingerprint density at radius 1 is 0.968 bits per heavy atom. The molecular formula is C22H19Cl2N5O2. The average molecular weight is 456 g/mol. The molecule has 0 bridgehead atoms. The van der Waals surface area contributed by atoms with Gasteiger partial charge in [0.2, 0.25) is 0 Å². The number of ether oxygens (including phenoxy) is 2. The van der Waals surface area contributed by atoms with E-state index in [4.69, 9.17) is 32.7 Å². The Labute approximate surface area is 189 Å². The summed E-state index contributed by atoms with van der Waals surface area (Å²) < 4.78 is 13.3. The number of halogens is 2. The topological polar surface area (TPSA) is 74.1 Å². The highest BCUT2D eigenvalue weighted by atomic mass is 35.5. The normalized spacial score (nSPS) is 10.7. The lowest BCUT2D eigenvalue weighted by atomic mass is 10.2. The molecule has 7 nitrogen and oxygen atoms in total. The third kappa shape index (κ3) is 5.07. The van der Waals surface area contributed by atoms with E-state index >= 15 is 0 Å². The van der Waals surface area contributed by atoms with E-state index in [1.807, 2.05) is 61.5 Å². The molecule has 0 fully saturated rings. The Balaban J connectivity index is 1.54. The van der Waals surface area contributed by atoms with Crippen LogP contribution in [0.15, 0.2) is 66.7 Å². The Morgan fingerprint density at radius 3 is 2.58 bits per heavy atom. The van der Waals surface area contributed by atoms with E-state index in [2.05, 4.69) is 20.8 Å². The Hall–Kier alpha value is -3.29. The minimum Gasteiger partial charge on any atom is -0.490 e. The fourth-order valence-electron chi connectivity index (χ4n) is 2.92. The first-order valence-corrected chi connectivity index (χ1v) is 10.4. The number of aromatic nitrogens is 4. The van der Waals surface area contributed by atoms with Gasteiger partial charge < -0.3 is 14.8 Å². The van der Waals surface area contributed by atoms with Crippen molar-refractivity contribution >= 4 is 28.9 Å². The maximum atomic E-state index is 6.23. The van der Waals surface area contributed by atoms with E-state index in [1.165, 1.54) is 4.68 Å². The van der Waals surface area contributed by atoms with Crippen LogP contribution in [0.1, 0.15) is 12.5 Å². The molecule has 4 aromatic rings. The van der Waals surface area contributed by atoms with Crippen molar-refractivity contribution < 1.29 is 9.47 Å². The Bertz CT molecular complexity index is 1170. The third-order valence-corrected chi connectivity index (χ3v) is 4.91. The van der Waals surface area contributed by atoms with Crippen LogP contribution in [0.25, 0.3) is 5.69 Å². The molecule has 1 N–H and O–H groups in total. The van der Waals surface area contributed by atoms with Crippen LogP contribution in [0.4, 0.5) is 5.69 Å². The van der Waals surface area contributed by atoms with Gasteiger partial charge in [0.1, 0.15) is 0 Å². The maximum Gasteiger partial charge on any atom is 0.346 e. The first-order valence-electron chi connectivity index (χ1n) is 9.60. The van der Waals surface area contributed by atoms with Gasteiger partial charge in [0, 0.05) is 11.6 Å². The molecule has 0 saturated heterocycles. The zero-order valence-corrected chi connectivity index (χ0v) is 18.1. The Morgan fingerprint density at radius 2 is 1.81 bits per heavy atom. The molecule has 0 saturated carbocycles. The summed E-state index contributed by atoms with van der Waals surface area (Å²) in [4.78, 5) is 0. The molecule has 0 atom stereocenters. The number of anilines is 1. The first-order chi connectivity index (χ1) is 15.1. The molecule has 1 aromatic heterocycles. The summed E-state index contributed by atoms with van der Waals surface area (Å²) in [5, 5.41) is 16.2. The highest BCUT2D eigenvalue weighted by Gasteiger charge is 2.14. The fraction of sp³-hybridized carbons (Fsp3) is 0.136. The third-order valence-electron chi connectivity index (χ3n) is 4.36. The van der Waals surface area contributed by atoms with Crippen LogP contribution in [0.2, 0.25) is 10.0 Å². The van der Waals surface area contributed by atoms with Crippen molar-refractivity contribution in [2.45, 2.75) is 13.5 Å². The molecule has 4 rings (SSSR count). The van der Waals surface area contributed by atoms with E-state index in [-0.39, 0.29) is 6.01 Å². The van der Waals surface area contributed by atoms with Crippen molar-refractivity contribution in [3.63, 3.8) is 0 Å². The molecule has 0 aliphatic carbocycles. The van der Waals surface area contributed by atoms with Crippen LogP contribution < -0.4 is 14.8 Å². The minimum atomic E-state index is 0.242. The second kappa shape index (κ2) is 9.68. The van der Waals surface area contributed by atoms with Gasteiger partial charge in [-0.05, 0) is 65.4 Å². The van der Waals surface area contributed by atoms with Crippen LogP contribution in [0.5, 0.6) is 17.5 Å². The van der Waals surface area contributed by atoms with Crippen molar-refractivity contribution in [2.75, 3.05) is 11.9 Å². The van der Waals surface area contributed by atoms with Crippen LogP contribution in [0.3, 0.4) is 0 Å². The van der Waals surface area contributed by atoms with Crippen molar-refractivity contribution in [1.29, 1.82) is 0 Å². The molecule has 0 spiro atoms. The predicted octanol–water partition coefficient (Wildman–Crippen LogP) is 5.77. The lowest BCUT2D eigenvalue weighted by molar-refractivity contribution is 0.315. The van der Waals surface area contributed by atoms with Crippen molar-refractivity contribution in [2.24, 2.45) is 0 Å². The molecule has 9 heteroatoms. The number of rotatable bonds is 8. The van der Waals surface area contributed by atoms with Gasteiger partial charge in [-0.1, -0.05) is 52.6 Å². The lowest BCUT2D eigenvalue weighted by Crippen LogP contribution is -2.04. The van der Waals surface area contributed by atoms with Crippen LogP contribution in [-0.2, 0) is 6.54 Å². The summed E-state index contributed by atoms with van der Waals surface area (Å²) in [7, 11) is 0. The number of benzene rings is 3. The highest BCUT2D eigenvalue weighted by Crippen LogP contribution is 2.33. The van der Waals surface area contributed by atoms with Gasteiger partial charge in [0.15, 0.2) is 11.5 Å². The second-order valence-corrected chi connectivity index (χ2v) is 7.35. The summed E-state index contributed by atoms with van der Waals surface area (Å²) in [5.74, 6) is 1.11. The fourth-order valence-corrected chi connectivity index (χ4v) is 3.39. The van der Waals surface area contributed by atoms with Gasteiger partial charge in [-0.25, -0.2) is 0 Å². The zero-order valence-electron chi connectivity index (χ0n) is 16.6. The number of hydrogen-bond donors (Lipinski definition) is 1. The lowest BCUT2D eigenvalue weighted by Gasteiger charge is -2.14. The summed E-state index contributed by atoms with van der Waals surface area (Å²) >= 11 is 12.2. The number of nitrogens with one attached hydrogen (secondary N) is 1. The molecule has 0 aliphatic rings. The first kappa shape index (κ1) is 21.0. The summed E-state index contributed by atoms with van der Waals surface area (Å²) in [5.41, 5.74) is 2.58. The van der Waals surface area contributed by atoms with Gasteiger partial charge in [-0.2, -0.15) is 4.68 Å². The second-order valence-electron chi connectivity index (χ2n) is 6.50. The molecule has 0 amide bonds. The average Bonchev–Trinajstić information content (AvgIpc) is 3.24. The van der Waals surface area contributed by atoms with Crippen molar-refractivity contribution in [3.8, 4) is 23.2 Å². The number of para-hydroxylation sites is 1. The maximum absolute atomic E-state index is 6.23. The monoisotopic (exact) mass is 455 g/mol. The van der Waals surface area contributed by atoms with Crippen molar-refractivity contribution in [1.82, 2.24) is 20.2 Å². The van der Waals surface area contributed by atoms with Gasteiger partial charge in [0.25, 0.3) is 0 Å². The molecule has 3 aromatic carbocycles. The largest absolute Gasteiger partial charge is 0.490 e. The molecule has 0 aliphatic heterocycles. The van der Waals surface area contributed by atoms with Crippen LogP contribution >= 0.6 is 23.2 Å². The van der Waals surface area contributed by atoms with E-state index in [0.29, 0.717) is 34.7 Å². The summed E-state index contributed by atoms with van der Waals surface area (Å²) in [6.45, 7) is 2.94. The number of hydrogen-bond acceptors (Lipinski definition) is 6. The molecule has 1 heterocycles. The van der Waals surface area contributed by atoms with Gasteiger partial charge in [-0.15, -0.1) is 0 Å². The minimum absolute atomic E-state index is 0.242. The molecule has 0 unspecified atom stereocenters. The summed E-state index contributed by atoms with van der Waals surface area (Å²) in [6.07, 6.45) is 0. The standard InChI is InChI=1S/C22H19Cl2N5O2/c1-2-30-21-12-15(14-25-19-10-9-16(23)13-18(19)24)8-11-20(21)31-22-26-27-28-29(22)17-6-4-3-5-7-17/h3-13,25H,2,14H2,1H3. The van der Waals surface area contributed by atoms with Gasteiger partial charge >= 0.3 is 6.01 Å². The van der Waals surface area contributed by atoms with E-state index in [1.54, 1.807) is 12.1 Å². The highest BCUT2D eigenvalue weighted by molar-refractivity contribution is 6.36.